The smallest absolute Gasteiger partial charge is 0.257 e. The first-order valence-corrected chi connectivity index (χ1v) is 7.06. The number of piperidine rings is 1. The second-order valence-corrected chi connectivity index (χ2v) is 5.68. The zero-order chi connectivity index (χ0) is 13.9. The molecule has 0 saturated carbocycles. The van der Waals surface area contributed by atoms with Crippen molar-refractivity contribution in [1.29, 1.82) is 0 Å². The Balaban J connectivity index is 1.68. The summed E-state index contributed by atoms with van der Waals surface area (Å²) in [6.45, 7) is 4.88. The van der Waals surface area contributed by atoms with Gasteiger partial charge in [-0.3, -0.25) is 4.90 Å². The van der Waals surface area contributed by atoms with Gasteiger partial charge in [-0.25, -0.2) is 0 Å². The Morgan fingerprint density at radius 3 is 2.85 bits per heavy atom. The Hall–Kier alpha value is -1.72. The first-order chi connectivity index (χ1) is 9.70. The average Bonchev–Trinajstić information content (AvgIpc) is 2.87. The summed E-state index contributed by atoms with van der Waals surface area (Å²) >= 11 is 0. The van der Waals surface area contributed by atoms with E-state index < -0.39 is 0 Å². The molecule has 1 aromatic heterocycles. The van der Waals surface area contributed by atoms with E-state index in [0.717, 1.165) is 30.9 Å². The SMILES string of the molecule is CC1CC(N)CN(Cc2noc(-c3ccccc3)n2)C1. The summed E-state index contributed by atoms with van der Waals surface area (Å²) in [5.41, 5.74) is 7.01. The number of hydrogen-bond acceptors (Lipinski definition) is 5. The molecule has 1 fully saturated rings. The van der Waals surface area contributed by atoms with Crippen LogP contribution in [0.4, 0.5) is 0 Å². The number of aromatic nitrogens is 2. The van der Waals surface area contributed by atoms with Gasteiger partial charge in [0.25, 0.3) is 5.89 Å². The fourth-order valence-corrected chi connectivity index (χ4v) is 2.86. The van der Waals surface area contributed by atoms with Crippen molar-refractivity contribution in [3.8, 4) is 11.5 Å². The van der Waals surface area contributed by atoms with Crippen LogP contribution >= 0.6 is 0 Å². The van der Waals surface area contributed by atoms with E-state index in [0.29, 0.717) is 18.4 Å². The Labute approximate surface area is 118 Å². The summed E-state index contributed by atoms with van der Waals surface area (Å²) in [6, 6.07) is 10.1. The molecule has 0 amide bonds. The Morgan fingerprint density at radius 1 is 1.30 bits per heavy atom. The zero-order valence-corrected chi connectivity index (χ0v) is 11.7. The molecule has 0 bridgehead atoms. The van der Waals surface area contributed by atoms with Crippen molar-refractivity contribution < 1.29 is 4.52 Å². The molecule has 0 spiro atoms. The second-order valence-electron chi connectivity index (χ2n) is 5.68. The summed E-state index contributed by atoms with van der Waals surface area (Å²) in [5.74, 6) is 1.93. The molecule has 0 aliphatic carbocycles. The van der Waals surface area contributed by atoms with Gasteiger partial charge in [0.15, 0.2) is 5.82 Å². The molecule has 2 heterocycles. The quantitative estimate of drug-likeness (QED) is 0.924. The largest absolute Gasteiger partial charge is 0.334 e. The van der Waals surface area contributed by atoms with Crippen LogP contribution in [0.5, 0.6) is 0 Å². The van der Waals surface area contributed by atoms with Crippen LogP contribution in [0.1, 0.15) is 19.2 Å². The van der Waals surface area contributed by atoms with Gasteiger partial charge in [0.1, 0.15) is 0 Å². The topological polar surface area (TPSA) is 68.2 Å². The molecule has 1 aliphatic rings. The fraction of sp³-hybridized carbons (Fsp3) is 0.467. The normalized spacial score (nSPS) is 23.9. The third-order valence-corrected chi connectivity index (χ3v) is 3.62. The summed E-state index contributed by atoms with van der Waals surface area (Å²) < 4.78 is 5.33. The molecule has 1 aliphatic heterocycles. The molecule has 2 aromatic rings. The van der Waals surface area contributed by atoms with E-state index in [1.165, 1.54) is 0 Å². The fourth-order valence-electron chi connectivity index (χ4n) is 2.86. The Morgan fingerprint density at radius 2 is 2.10 bits per heavy atom. The monoisotopic (exact) mass is 272 g/mol. The molecule has 5 nitrogen and oxygen atoms in total. The molecular formula is C15H20N4O. The predicted molar refractivity (Wildman–Crippen MR) is 76.8 cm³/mol. The number of benzene rings is 1. The lowest BCUT2D eigenvalue weighted by Gasteiger charge is -2.33. The van der Waals surface area contributed by atoms with Gasteiger partial charge in [0.2, 0.25) is 0 Å². The highest BCUT2D eigenvalue weighted by atomic mass is 16.5. The van der Waals surface area contributed by atoms with Gasteiger partial charge in [-0.1, -0.05) is 30.3 Å². The van der Waals surface area contributed by atoms with E-state index in [2.05, 4.69) is 22.0 Å². The van der Waals surface area contributed by atoms with Crippen molar-refractivity contribution in [1.82, 2.24) is 15.0 Å². The van der Waals surface area contributed by atoms with Crippen molar-refractivity contribution in [3.05, 3.63) is 36.2 Å². The van der Waals surface area contributed by atoms with Gasteiger partial charge in [-0.15, -0.1) is 0 Å². The van der Waals surface area contributed by atoms with Crippen molar-refractivity contribution in [2.75, 3.05) is 13.1 Å². The van der Waals surface area contributed by atoms with Crippen molar-refractivity contribution in [2.45, 2.75) is 25.9 Å². The number of nitrogens with two attached hydrogens (primary N) is 1. The molecule has 20 heavy (non-hydrogen) atoms. The van der Waals surface area contributed by atoms with Crippen LogP contribution in [-0.4, -0.2) is 34.2 Å². The predicted octanol–water partition coefficient (Wildman–Crippen LogP) is 1.91. The lowest BCUT2D eigenvalue weighted by atomic mass is 9.97. The third-order valence-electron chi connectivity index (χ3n) is 3.62. The molecular weight excluding hydrogens is 252 g/mol. The van der Waals surface area contributed by atoms with E-state index in [1.807, 2.05) is 30.3 Å². The van der Waals surface area contributed by atoms with E-state index in [1.54, 1.807) is 0 Å². The maximum atomic E-state index is 6.06. The number of nitrogens with zero attached hydrogens (tertiary/aromatic N) is 3. The summed E-state index contributed by atoms with van der Waals surface area (Å²) in [4.78, 5) is 6.77. The van der Waals surface area contributed by atoms with Crippen LogP contribution in [0.2, 0.25) is 0 Å². The molecule has 3 rings (SSSR count). The molecule has 2 unspecified atom stereocenters. The van der Waals surface area contributed by atoms with Crippen molar-refractivity contribution >= 4 is 0 Å². The summed E-state index contributed by atoms with van der Waals surface area (Å²) in [5, 5.41) is 4.07. The minimum absolute atomic E-state index is 0.249. The zero-order valence-electron chi connectivity index (χ0n) is 11.7. The van der Waals surface area contributed by atoms with Crippen LogP contribution < -0.4 is 5.73 Å². The molecule has 5 heteroatoms. The maximum absolute atomic E-state index is 6.06. The van der Waals surface area contributed by atoms with E-state index >= 15 is 0 Å². The average molecular weight is 272 g/mol. The van der Waals surface area contributed by atoms with Crippen LogP contribution in [-0.2, 0) is 6.54 Å². The third kappa shape index (κ3) is 3.05. The Bertz CT molecular complexity index is 544. The molecule has 0 radical (unpaired) electrons. The number of likely N-dealkylation sites (tertiary alicyclic amines) is 1. The first kappa shape index (κ1) is 13.3. The van der Waals surface area contributed by atoms with Gasteiger partial charge < -0.3 is 10.3 Å². The highest BCUT2D eigenvalue weighted by Gasteiger charge is 2.23. The van der Waals surface area contributed by atoms with E-state index in [-0.39, 0.29) is 6.04 Å². The molecule has 1 saturated heterocycles. The highest BCUT2D eigenvalue weighted by molar-refractivity contribution is 5.51. The van der Waals surface area contributed by atoms with E-state index in [9.17, 15) is 0 Å². The summed E-state index contributed by atoms with van der Waals surface area (Å²) in [7, 11) is 0. The van der Waals surface area contributed by atoms with Gasteiger partial charge in [0, 0.05) is 24.7 Å². The molecule has 2 N–H and O–H groups in total. The van der Waals surface area contributed by atoms with Gasteiger partial charge in [-0.05, 0) is 24.5 Å². The molecule has 1 aromatic carbocycles. The van der Waals surface area contributed by atoms with Gasteiger partial charge >= 0.3 is 0 Å². The van der Waals surface area contributed by atoms with Crippen molar-refractivity contribution in [3.63, 3.8) is 0 Å². The van der Waals surface area contributed by atoms with E-state index in [4.69, 9.17) is 10.3 Å². The van der Waals surface area contributed by atoms with Crippen LogP contribution in [0.3, 0.4) is 0 Å². The second kappa shape index (κ2) is 5.73. The Kier molecular flexibility index (Phi) is 3.80. The van der Waals surface area contributed by atoms with Crippen LogP contribution in [0.25, 0.3) is 11.5 Å². The van der Waals surface area contributed by atoms with Gasteiger partial charge in [0.05, 0.1) is 6.54 Å². The molecule has 2 atom stereocenters. The number of hydrogen-bond donors (Lipinski definition) is 1. The van der Waals surface area contributed by atoms with Crippen LogP contribution in [0.15, 0.2) is 34.9 Å². The van der Waals surface area contributed by atoms with Gasteiger partial charge in [-0.2, -0.15) is 4.98 Å². The van der Waals surface area contributed by atoms with Crippen molar-refractivity contribution in [2.24, 2.45) is 11.7 Å². The minimum Gasteiger partial charge on any atom is -0.334 e. The molecule has 106 valence electrons. The minimum atomic E-state index is 0.249. The standard InChI is InChI=1S/C15H20N4O/c1-11-7-13(16)9-19(8-11)10-14-17-15(20-18-14)12-5-3-2-4-6-12/h2-6,11,13H,7-10,16H2,1H3. The number of rotatable bonds is 3. The first-order valence-electron chi connectivity index (χ1n) is 7.06. The lowest BCUT2D eigenvalue weighted by molar-refractivity contribution is 0.153. The van der Waals surface area contributed by atoms with Crippen LogP contribution in [0, 0.1) is 5.92 Å². The summed E-state index contributed by atoms with van der Waals surface area (Å²) in [6.07, 6.45) is 1.10. The maximum Gasteiger partial charge on any atom is 0.257 e. The highest BCUT2D eigenvalue weighted by Crippen LogP contribution is 2.19. The lowest BCUT2D eigenvalue weighted by Crippen LogP contribution is -2.45.